The summed E-state index contributed by atoms with van der Waals surface area (Å²) < 4.78 is 0. The van der Waals surface area contributed by atoms with E-state index in [2.05, 4.69) is 11.8 Å². The van der Waals surface area contributed by atoms with Gasteiger partial charge in [-0.1, -0.05) is 18.3 Å². The molecule has 2 saturated carbocycles. The largest absolute Gasteiger partial charge is 0.384 e. The molecule has 4 heteroatoms. The van der Waals surface area contributed by atoms with E-state index in [9.17, 15) is 4.79 Å². The molecule has 1 aromatic heterocycles. The molecule has 0 radical (unpaired) electrons. The van der Waals surface area contributed by atoms with Gasteiger partial charge in [-0.2, -0.15) is 0 Å². The van der Waals surface area contributed by atoms with Crippen LogP contribution in [0.25, 0.3) is 0 Å². The zero-order chi connectivity index (χ0) is 14.1. The molecule has 20 heavy (non-hydrogen) atoms. The number of thiophene rings is 1. The Hall–Kier alpha value is -1.31. The van der Waals surface area contributed by atoms with Crippen LogP contribution in [0.5, 0.6) is 0 Å². The summed E-state index contributed by atoms with van der Waals surface area (Å²) in [6.07, 6.45) is 3.80. The summed E-state index contributed by atoms with van der Waals surface area (Å²) >= 11 is 1.62. The fourth-order valence-electron chi connectivity index (χ4n) is 3.42. The van der Waals surface area contributed by atoms with Crippen molar-refractivity contribution in [2.45, 2.75) is 25.8 Å². The highest BCUT2D eigenvalue weighted by atomic mass is 32.1. The topological polar surface area (TPSA) is 40.5 Å². The first kappa shape index (κ1) is 13.7. The van der Waals surface area contributed by atoms with Gasteiger partial charge in [0, 0.05) is 28.8 Å². The highest BCUT2D eigenvalue weighted by molar-refractivity contribution is 7.10. The van der Waals surface area contributed by atoms with Crippen LogP contribution < -0.4 is 0 Å². The van der Waals surface area contributed by atoms with Crippen molar-refractivity contribution < 1.29 is 9.90 Å². The lowest BCUT2D eigenvalue weighted by Crippen LogP contribution is -2.28. The summed E-state index contributed by atoms with van der Waals surface area (Å²) in [6, 6.07) is 2.00. The molecule has 1 aromatic rings. The first-order valence-electron chi connectivity index (χ1n) is 7.13. The molecule has 106 valence electrons. The predicted molar refractivity (Wildman–Crippen MR) is 79.1 cm³/mol. The molecule has 1 amide bonds. The third-order valence-electron chi connectivity index (χ3n) is 4.43. The zero-order valence-corrected chi connectivity index (χ0v) is 12.4. The number of hydrogen-bond donors (Lipinski definition) is 1. The van der Waals surface area contributed by atoms with Gasteiger partial charge in [0.2, 0.25) is 5.91 Å². The van der Waals surface area contributed by atoms with Crippen LogP contribution in [0.3, 0.4) is 0 Å². The minimum Gasteiger partial charge on any atom is -0.384 e. The SMILES string of the molecule is CN(Cc1cc(C#CCO)cs1)C(=O)C1C2CCCC21. The van der Waals surface area contributed by atoms with Gasteiger partial charge in [-0.25, -0.2) is 0 Å². The molecule has 2 fully saturated rings. The van der Waals surface area contributed by atoms with Crippen LogP contribution in [0.1, 0.15) is 29.7 Å². The van der Waals surface area contributed by atoms with Crippen molar-refractivity contribution in [3.05, 3.63) is 21.9 Å². The molecule has 2 unspecified atom stereocenters. The lowest BCUT2D eigenvalue weighted by atomic mass is 10.1. The molecule has 0 aromatic carbocycles. The third kappa shape index (κ3) is 2.61. The molecular weight excluding hydrogens is 270 g/mol. The van der Waals surface area contributed by atoms with Crippen LogP contribution in [0.2, 0.25) is 0 Å². The maximum atomic E-state index is 12.4. The molecule has 3 rings (SSSR count). The molecule has 0 bridgehead atoms. The van der Waals surface area contributed by atoms with Crippen LogP contribution in [0.15, 0.2) is 11.4 Å². The monoisotopic (exact) mass is 289 g/mol. The van der Waals surface area contributed by atoms with Crippen molar-refractivity contribution >= 4 is 17.2 Å². The van der Waals surface area contributed by atoms with Gasteiger partial charge in [-0.05, 0) is 30.7 Å². The quantitative estimate of drug-likeness (QED) is 0.866. The van der Waals surface area contributed by atoms with Gasteiger partial charge in [0.15, 0.2) is 0 Å². The maximum Gasteiger partial charge on any atom is 0.226 e. The fraction of sp³-hybridized carbons (Fsp3) is 0.562. The average molecular weight is 289 g/mol. The molecule has 2 atom stereocenters. The molecule has 0 spiro atoms. The van der Waals surface area contributed by atoms with Crippen LogP contribution in [-0.2, 0) is 11.3 Å². The van der Waals surface area contributed by atoms with E-state index < -0.39 is 0 Å². The van der Waals surface area contributed by atoms with E-state index in [4.69, 9.17) is 5.11 Å². The molecule has 0 aliphatic heterocycles. The molecule has 0 saturated heterocycles. The lowest BCUT2D eigenvalue weighted by Gasteiger charge is -2.17. The Bertz CT molecular complexity index is 559. The number of fused-ring (bicyclic) bond motifs is 1. The predicted octanol–water partition coefficient (Wildman–Crippen LogP) is 2.10. The van der Waals surface area contributed by atoms with Crippen molar-refractivity contribution in [2.75, 3.05) is 13.7 Å². The van der Waals surface area contributed by atoms with Crippen LogP contribution in [0, 0.1) is 29.6 Å². The maximum absolute atomic E-state index is 12.4. The Kier molecular flexibility index (Phi) is 3.82. The summed E-state index contributed by atoms with van der Waals surface area (Å²) in [4.78, 5) is 15.4. The number of carbonyl (C=O) groups is 1. The highest BCUT2D eigenvalue weighted by Crippen LogP contribution is 2.58. The molecule has 1 heterocycles. The van der Waals surface area contributed by atoms with E-state index in [-0.39, 0.29) is 6.61 Å². The van der Waals surface area contributed by atoms with Crippen molar-refractivity contribution in [2.24, 2.45) is 17.8 Å². The van der Waals surface area contributed by atoms with Crippen molar-refractivity contribution in [1.29, 1.82) is 0 Å². The Morgan fingerprint density at radius 3 is 2.95 bits per heavy atom. The van der Waals surface area contributed by atoms with E-state index in [0.29, 0.717) is 30.2 Å². The number of rotatable bonds is 3. The van der Waals surface area contributed by atoms with E-state index >= 15 is 0 Å². The third-order valence-corrected chi connectivity index (χ3v) is 5.35. The van der Waals surface area contributed by atoms with Gasteiger partial charge < -0.3 is 10.0 Å². The van der Waals surface area contributed by atoms with Crippen molar-refractivity contribution in [1.82, 2.24) is 4.90 Å². The van der Waals surface area contributed by atoms with Gasteiger partial charge >= 0.3 is 0 Å². The fourth-order valence-corrected chi connectivity index (χ4v) is 4.29. The summed E-state index contributed by atoms with van der Waals surface area (Å²) in [5.41, 5.74) is 0.920. The van der Waals surface area contributed by atoms with Crippen molar-refractivity contribution in [3.8, 4) is 11.8 Å². The number of hydrogen-bond acceptors (Lipinski definition) is 3. The molecule has 1 N–H and O–H groups in total. The van der Waals surface area contributed by atoms with Gasteiger partial charge in [0.1, 0.15) is 6.61 Å². The number of carbonyl (C=O) groups excluding carboxylic acids is 1. The Morgan fingerprint density at radius 1 is 1.50 bits per heavy atom. The number of nitrogens with zero attached hydrogens (tertiary/aromatic N) is 1. The average Bonchev–Trinajstić information content (AvgIpc) is 2.84. The number of aliphatic hydroxyl groups is 1. The molecule has 2 aliphatic rings. The van der Waals surface area contributed by atoms with Crippen molar-refractivity contribution in [3.63, 3.8) is 0 Å². The van der Waals surface area contributed by atoms with Crippen LogP contribution in [0.4, 0.5) is 0 Å². The minimum atomic E-state index is -0.117. The normalized spacial score (nSPS) is 26.6. The second kappa shape index (κ2) is 5.59. The molecule has 3 nitrogen and oxygen atoms in total. The molecule has 2 aliphatic carbocycles. The van der Waals surface area contributed by atoms with Crippen LogP contribution in [-0.4, -0.2) is 29.6 Å². The summed E-state index contributed by atoms with van der Waals surface area (Å²) in [6.45, 7) is 0.550. The van der Waals surface area contributed by atoms with E-state index in [1.165, 1.54) is 19.3 Å². The lowest BCUT2D eigenvalue weighted by molar-refractivity contribution is -0.132. The van der Waals surface area contributed by atoms with E-state index in [1.807, 2.05) is 23.4 Å². The Balaban J connectivity index is 1.57. The summed E-state index contributed by atoms with van der Waals surface area (Å²) in [7, 11) is 1.90. The smallest absolute Gasteiger partial charge is 0.226 e. The van der Waals surface area contributed by atoms with Gasteiger partial charge in [-0.15, -0.1) is 11.3 Å². The second-order valence-electron chi connectivity index (χ2n) is 5.74. The standard InChI is InChI=1S/C16H19NO2S/c1-17(16(19)15-13-5-2-6-14(13)15)9-12-8-11(10-20-12)4-3-7-18/h8,10,13-15,18H,2,5-7,9H2,1H3. The van der Waals surface area contributed by atoms with Gasteiger partial charge in [0.05, 0.1) is 6.54 Å². The van der Waals surface area contributed by atoms with E-state index in [1.54, 1.807) is 11.3 Å². The Morgan fingerprint density at radius 2 is 2.25 bits per heavy atom. The Labute approximate surface area is 123 Å². The molecular formula is C16H19NO2S. The first-order chi connectivity index (χ1) is 9.70. The van der Waals surface area contributed by atoms with Crippen LogP contribution >= 0.6 is 11.3 Å². The van der Waals surface area contributed by atoms with Gasteiger partial charge in [-0.3, -0.25) is 4.79 Å². The summed E-state index contributed by atoms with van der Waals surface area (Å²) in [5.74, 6) is 7.52. The number of amides is 1. The highest BCUT2D eigenvalue weighted by Gasteiger charge is 2.57. The second-order valence-corrected chi connectivity index (χ2v) is 6.74. The zero-order valence-electron chi connectivity index (χ0n) is 11.6. The van der Waals surface area contributed by atoms with Gasteiger partial charge in [0.25, 0.3) is 0 Å². The number of aliphatic hydroxyl groups excluding tert-OH is 1. The first-order valence-corrected chi connectivity index (χ1v) is 8.01. The van der Waals surface area contributed by atoms with E-state index in [0.717, 1.165) is 10.4 Å². The minimum absolute atomic E-state index is 0.117. The summed E-state index contributed by atoms with van der Waals surface area (Å²) in [5, 5.41) is 10.7.